The van der Waals surface area contributed by atoms with Crippen molar-refractivity contribution in [2.45, 2.75) is 32.5 Å². The van der Waals surface area contributed by atoms with Gasteiger partial charge in [-0.1, -0.05) is 36.4 Å². The smallest absolute Gasteiger partial charge is 0.191 e. The number of hydrogen-bond donors (Lipinski definition) is 2. The molecule has 0 saturated carbocycles. The van der Waals surface area contributed by atoms with Crippen molar-refractivity contribution < 1.29 is 0 Å². The van der Waals surface area contributed by atoms with Crippen LogP contribution in [0.1, 0.15) is 29.5 Å². The summed E-state index contributed by atoms with van der Waals surface area (Å²) in [5.74, 6) is 0.792. The summed E-state index contributed by atoms with van der Waals surface area (Å²) in [7, 11) is 1.80. The standard InChI is InChI=1S/C24H30N6.HI/c1-25-24(27-18-22-6-4-7-23(16-22)30-15-5-12-28-30)26-17-20-8-10-21(11-9-20)19-29-13-2-3-14-29;/h4-12,15-16H,2-3,13-14,17-19H2,1H3,(H2,25,26,27);1H. The van der Waals surface area contributed by atoms with Gasteiger partial charge in [-0.2, -0.15) is 5.10 Å². The van der Waals surface area contributed by atoms with E-state index < -0.39 is 0 Å². The molecule has 2 N–H and O–H groups in total. The van der Waals surface area contributed by atoms with E-state index in [9.17, 15) is 0 Å². The van der Waals surface area contributed by atoms with Gasteiger partial charge in [-0.15, -0.1) is 24.0 Å². The zero-order chi connectivity index (χ0) is 20.6. The molecule has 1 fully saturated rings. The largest absolute Gasteiger partial charge is 0.352 e. The molecule has 31 heavy (non-hydrogen) atoms. The molecule has 0 atom stereocenters. The number of hydrogen-bond acceptors (Lipinski definition) is 3. The molecule has 0 amide bonds. The van der Waals surface area contributed by atoms with Crippen LogP contribution in [0.2, 0.25) is 0 Å². The highest BCUT2D eigenvalue weighted by Gasteiger charge is 2.11. The lowest BCUT2D eigenvalue weighted by atomic mass is 10.1. The van der Waals surface area contributed by atoms with Gasteiger partial charge in [0, 0.05) is 39.1 Å². The fraction of sp³-hybridized carbons (Fsp3) is 0.333. The zero-order valence-corrected chi connectivity index (χ0v) is 20.3. The maximum Gasteiger partial charge on any atom is 0.191 e. The van der Waals surface area contributed by atoms with Crippen molar-refractivity contribution in [3.05, 3.63) is 83.7 Å². The Hall–Kier alpha value is -2.39. The lowest BCUT2D eigenvalue weighted by Crippen LogP contribution is -2.36. The molecule has 7 heteroatoms. The minimum Gasteiger partial charge on any atom is -0.352 e. The SMILES string of the molecule is CN=C(NCc1ccc(CN2CCCC2)cc1)NCc1cccc(-n2cccn2)c1.I. The molecule has 2 aromatic carbocycles. The van der Waals surface area contributed by atoms with Crippen molar-refractivity contribution in [3.63, 3.8) is 0 Å². The Bertz CT molecular complexity index is 946. The summed E-state index contributed by atoms with van der Waals surface area (Å²) < 4.78 is 1.87. The topological polar surface area (TPSA) is 57.5 Å². The minimum absolute atomic E-state index is 0. The molecule has 0 aliphatic carbocycles. The second-order valence-corrected chi connectivity index (χ2v) is 7.70. The van der Waals surface area contributed by atoms with Gasteiger partial charge in [-0.05, 0) is 60.8 Å². The molecular weight excluding hydrogens is 499 g/mol. The van der Waals surface area contributed by atoms with Crippen molar-refractivity contribution in [1.29, 1.82) is 0 Å². The number of nitrogens with one attached hydrogen (secondary N) is 2. The average Bonchev–Trinajstić information content (AvgIpc) is 3.50. The minimum atomic E-state index is 0. The Kier molecular flexibility index (Phi) is 8.90. The Labute approximate surface area is 201 Å². The quantitative estimate of drug-likeness (QED) is 0.276. The van der Waals surface area contributed by atoms with Gasteiger partial charge in [0.15, 0.2) is 5.96 Å². The first-order valence-electron chi connectivity index (χ1n) is 10.6. The molecule has 1 aliphatic rings. The fourth-order valence-corrected chi connectivity index (χ4v) is 3.78. The predicted molar refractivity (Wildman–Crippen MR) is 137 cm³/mol. The first-order chi connectivity index (χ1) is 14.8. The second-order valence-electron chi connectivity index (χ2n) is 7.70. The van der Waals surface area contributed by atoms with Gasteiger partial charge in [0.05, 0.1) is 5.69 Å². The van der Waals surface area contributed by atoms with Crippen molar-refractivity contribution in [2.75, 3.05) is 20.1 Å². The molecule has 0 radical (unpaired) electrons. The van der Waals surface area contributed by atoms with Crippen LogP contribution < -0.4 is 10.6 Å². The highest BCUT2D eigenvalue weighted by atomic mass is 127. The highest BCUT2D eigenvalue weighted by Crippen LogP contribution is 2.13. The van der Waals surface area contributed by atoms with E-state index in [1.165, 1.54) is 42.6 Å². The van der Waals surface area contributed by atoms with Crippen LogP contribution in [0.3, 0.4) is 0 Å². The maximum atomic E-state index is 4.35. The molecule has 0 spiro atoms. The number of halogens is 1. The van der Waals surface area contributed by atoms with Gasteiger partial charge >= 0.3 is 0 Å². The van der Waals surface area contributed by atoms with Gasteiger partial charge in [-0.25, -0.2) is 4.68 Å². The van der Waals surface area contributed by atoms with E-state index in [2.05, 4.69) is 68.1 Å². The molecule has 164 valence electrons. The van der Waals surface area contributed by atoms with Crippen LogP contribution >= 0.6 is 24.0 Å². The lowest BCUT2D eigenvalue weighted by Gasteiger charge is -2.15. The van der Waals surface area contributed by atoms with E-state index in [1.807, 2.05) is 23.0 Å². The molecule has 1 saturated heterocycles. The number of likely N-dealkylation sites (tertiary alicyclic amines) is 1. The van der Waals surface area contributed by atoms with Gasteiger partial charge in [0.1, 0.15) is 0 Å². The number of rotatable bonds is 7. The van der Waals surface area contributed by atoms with E-state index in [0.717, 1.165) is 24.7 Å². The number of nitrogens with zero attached hydrogens (tertiary/aromatic N) is 4. The number of aliphatic imine (C=N–C) groups is 1. The van der Waals surface area contributed by atoms with Crippen LogP contribution in [0.5, 0.6) is 0 Å². The number of aromatic nitrogens is 2. The molecule has 1 aliphatic heterocycles. The highest BCUT2D eigenvalue weighted by molar-refractivity contribution is 14.0. The van der Waals surface area contributed by atoms with Crippen LogP contribution in [0, 0.1) is 0 Å². The normalized spacial score (nSPS) is 14.3. The summed E-state index contributed by atoms with van der Waals surface area (Å²) in [4.78, 5) is 6.87. The molecule has 2 heterocycles. The van der Waals surface area contributed by atoms with Crippen LogP contribution in [0.4, 0.5) is 0 Å². The maximum absolute atomic E-state index is 4.35. The van der Waals surface area contributed by atoms with E-state index in [-0.39, 0.29) is 24.0 Å². The Morgan fingerprint density at radius 2 is 1.65 bits per heavy atom. The molecule has 3 aromatic rings. The van der Waals surface area contributed by atoms with Gasteiger partial charge < -0.3 is 10.6 Å². The summed E-state index contributed by atoms with van der Waals surface area (Å²) in [6.45, 7) is 4.97. The summed E-state index contributed by atoms with van der Waals surface area (Å²) in [6.07, 6.45) is 6.41. The van der Waals surface area contributed by atoms with Gasteiger partial charge in [-0.3, -0.25) is 9.89 Å². The number of guanidine groups is 1. The van der Waals surface area contributed by atoms with Crippen LogP contribution in [-0.2, 0) is 19.6 Å². The first kappa shape index (κ1) is 23.3. The third-order valence-corrected chi connectivity index (χ3v) is 5.45. The monoisotopic (exact) mass is 530 g/mol. The summed E-state index contributed by atoms with van der Waals surface area (Å²) >= 11 is 0. The van der Waals surface area contributed by atoms with E-state index >= 15 is 0 Å². The molecule has 1 aromatic heterocycles. The zero-order valence-electron chi connectivity index (χ0n) is 18.0. The molecule has 0 bridgehead atoms. The average molecular weight is 530 g/mol. The molecule has 6 nitrogen and oxygen atoms in total. The van der Waals surface area contributed by atoms with Crippen molar-refractivity contribution in [3.8, 4) is 5.69 Å². The molecule has 0 unspecified atom stereocenters. The third-order valence-electron chi connectivity index (χ3n) is 5.45. The summed E-state index contributed by atoms with van der Waals surface area (Å²) in [5, 5.41) is 11.1. The van der Waals surface area contributed by atoms with E-state index in [1.54, 1.807) is 13.2 Å². The van der Waals surface area contributed by atoms with Gasteiger partial charge in [0.2, 0.25) is 0 Å². The molecular formula is C24H31IN6. The third kappa shape index (κ3) is 6.80. The molecule has 4 rings (SSSR count). The first-order valence-corrected chi connectivity index (χ1v) is 10.6. The van der Waals surface area contributed by atoms with Crippen LogP contribution in [0.25, 0.3) is 5.69 Å². The summed E-state index contributed by atoms with van der Waals surface area (Å²) in [6, 6.07) is 19.2. The Balaban J connectivity index is 0.00000272. The van der Waals surface area contributed by atoms with Crippen molar-refractivity contribution in [1.82, 2.24) is 25.3 Å². The fourth-order valence-electron chi connectivity index (χ4n) is 3.78. The number of benzene rings is 2. The summed E-state index contributed by atoms with van der Waals surface area (Å²) in [5.41, 5.74) is 4.87. The lowest BCUT2D eigenvalue weighted by molar-refractivity contribution is 0.331. The van der Waals surface area contributed by atoms with Crippen molar-refractivity contribution in [2.24, 2.45) is 4.99 Å². The Morgan fingerprint density at radius 3 is 2.32 bits per heavy atom. The van der Waals surface area contributed by atoms with Crippen LogP contribution in [-0.4, -0.2) is 40.8 Å². The van der Waals surface area contributed by atoms with Crippen molar-refractivity contribution >= 4 is 29.9 Å². The van der Waals surface area contributed by atoms with Crippen LogP contribution in [0.15, 0.2) is 72.0 Å². The Morgan fingerprint density at radius 1 is 0.935 bits per heavy atom. The van der Waals surface area contributed by atoms with E-state index in [4.69, 9.17) is 0 Å². The second kappa shape index (κ2) is 11.9. The predicted octanol–water partition coefficient (Wildman–Crippen LogP) is 3.95. The van der Waals surface area contributed by atoms with E-state index in [0.29, 0.717) is 6.54 Å². The van der Waals surface area contributed by atoms with Gasteiger partial charge in [0.25, 0.3) is 0 Å².